The Labute approximate surface area is 148 Å². The number of hydrogen-bond donors (Lipinski definition) is 0. The Kier molecular flexibility index (Phi) is 8.53. The molecule has 0 aromatic heterocycles. The zero-order chi connectivity index (χ0) is 14.0. The van der Waals surface area contributed by atoms with Gasteiger partial charge in [0.2, 0.25) is 0 Å². The van der Waals surface area contributed by atoms with E-state index < -0.39 is 18.3 Å². The largest absolute Gasteiger partial charge is 1.00 e. The van der Waals surface area contributed by atoms with E-state index in [9.17, 15) is 0 Å². The molecule has 115 valence electrons. The van der Waals surface area contributed by atoms with Gasteiger partial charge >= 0.3 is 124 Å². The summed E-state index contributed by atoms with van der Waals surface area (Å²) in [6.07, 6.45) is 5.54. The van der Waals surface area contributed by atoms with Gasteiger partial charge in [0.15, 0.2) is 0 Å². The van der Waals surface area contributed by atoms with Gasteiger partial charge in [-0.1, -0.05) is 0 Å². The van der Waals surface area contributed by atoms with Crippen molar-refractivity contribution in [2.45, 2.75) is 37.8 Å². The van der Waals surface area contributed by atoms with Gasteiger partial charge in [0.1, 0.15) is 0 Å². The van der Waals surface area contributed by atoms with E-state index in [0.29, 0.717) is 0 Å². The first-order valence-electron chi connectivity index (χ1n) is 6.82. The predicted octanol–water partition coefficient (Wildman–Crippen LogP) is -1.55. The Hall–Kier alpha value is -0.0457. The van der Waals surface area contributed by atoms with Crippen LogP contribution in [0.1, 0.15) is 39.7 Å². The van der Waals surface area contributed by atoms with Crippen LogP contribution in [0.5, 0.6) is 0 Å². The molecule has 0 unspecified atom stereocenters. The van der Waals surface area contributed by atoms with E-state index in [2.05, 4.69) is 64.1 Å². The third kappa shape index (κ3) is 4.71. The van der Waals surface area contributed by atoms with Crippen molar-refractivity contribution < 1.29 is 46.4 Å². The van der Waals surface area contributed by atoms with Crippen molar-refractivity contribution in [1.82, 2.24) is 0 Å². The molecular weight excluding hydrogens is 339 g/mol. The van der Waals surface area contributed by atoms with E-state index in [4.69, 9.17) is 3.32 Å². The van der Waals surface area contributed by atoms with Crippen LogP contribution in [0.4, 0.5) is 0 Å². The average Bonchev–Trinajstić information content (AvgIpc) is 2.75. The Morgan fingerprint density at radius 1 is 1.10 bits per heavy atom. The quantitative estimate of drug-likeness (QED) is 0.592. The van der Waals surface area contributed by atoms with E-state index in [1.54, 1.807) is 0 Å². The fourth-order valence-electron chi connectivity index (χ4n) is 2.70. The van der Waals surface area contributed by atoms with Gasteiger partial charge < -0.3 is 24.8 Å². The van der Waals surface area contributed by atoms with Crippen LogP contribution in [0.2, 0.25) is 3.72 Å². The molecular formula is C17H23Cl2OTi. The minimum Gasteiger partial charge on any atom is -1.00 e. The van der Waals surface area contributed by atoms with Crippen LogP contribution in [0, 0.1) is 0 Å². The molecule has 0 saturated heterocycles. The molecule has 1 aliphatic carbocycles. The van der Waals surface area contributed by atoms with Gasteiger partial charge in [-0.05, 0) is 0 Å². The molecule has 0 saturated carbocycles. The van der Waals surface area contributed by atoms with Crippen molar-refractivity contribution in [3.05, 3.63) is 47.6 Å². The number of hydrogen-bond acceptors (Lipinski definition) is 1. The number of allylic oxidation sites excluding steroid dienone is 4. The van der Waals surface area contributed by atoms with Crippen LogP contribution in [0.25, 0.3) is 5.57 Å². The maximum absolute atomic E-state index is 5.96. The Morgan fingerprint density at radius 3 is 2.19 bits per heavy atom. The molecule has 0 N–H and O–H groups in total. The van der Waals surface area contributed by atoms with Crippen LogP contribution in [0.15, 0.2) is 42.0 Å². The summed E-state index contributed by atoms with van der Waals surface area (Å²) in [6.45, 7) is 9.11. The summed E-state index contributed by atoms with van der Waals surface area (Å²) >= 11 is -1.76. The third-order valence-electron chi connectivity index (χ3n) is 3.55. The molecule has 0 atom stereocenters. The topological polar surface area (TPSA) is 9.23 Å². The molecule has 0 fully saturated rings. The summed E-state index contributed by atoms with van der Waals surface area (Å²) < 4.78 is 7.68. The van der Waals surface area contributed by atoms with Crippen LogP contribution >= 0.6 is 0 Å². The monoisotopic (exact) mass is 361 g/mol. The molecule has 0 heterocycles. The fourth-order valence-corrected chi connectivity index (χ4v) is 6.40. The molecule has 0 radical (unpaired) electrons. The fraction of sp³-hybridized carbons (Fsp3) is 0.412. The second kappa shape index (κ2) is 8.55. The van der Waals surface area contributed by atoms with E-state index in [1.807, 2.05) is 7.11 Å². The van der Waals surface area contributed by atoms with Gasteiger partial charge in [-0.2, -0.15) is 0 Å². The zero-order valence-electron chi connectivity index (χ0n) is 13.3. The molecule has 1 aromatic carbocycles. The van der Waals surface area contributed by atoms with Crippen LogP contribution in [-0.4, -0.2) is 7.11 Å². The Balaban J connectivity index is 0.00000200. The molecule has 4 heteroatoms. The van der Waals surface area contributed by atoms with Crippen molar-refractivity contribution in [3.8, 4) is 0 Å². The molecule has 1 aromatic rings. The second-order valence-electron chi connectivity index (χ2n) is 6.10. The summed E-state index contributed by atoms with van der Waals surface area (Å²) in [5.41, 5.74) is 4.29. The molecule has 0 amide bonds. The van der Waals surface area contributed by atoms with E-state index in [0.717, 1.165) is 6.42 Å². The van der Waals surface area contributed by atoms with Crippen molar-refractivity contribution in [2.24, 2.45) is 0 Å². The molecule has 2 rings (SSSR count). The standard InChI is InChI=1S/C12H11.C4H9.CH3O.2ClH.Ti/c1-10-6-5-9-12(10)11-7-3-2-4-8-11;1-4(2)3;1-2;;;/h2-7H,9H2,1H3;1-3H3;1H3;2*1H;/q;;-1;;;+3/p-2. The van der Waals surface area contributed by atoms with Gasteiger partial charge in [0.25, 0.3) is 0 Å². The number of halogens is 2. The van der Waals surface area contributed by atoms with Crippen LogP contribution in [-0.2, 0) is 21.6 Å². The van der Waals surface area contributed by atoms with E-state index in [1.165, 1.54) is 20.6 Å². The summed E-state index contributed by atoms with van der Waals surface area (Å²) in [5.74, 6) is 0. The van der Waals surface area contributed by atoms with E-state index in [-0.39, 0.29) is 28.5 Å². The Bertz CT molecular complexity index is 530. The first-order valence-corrected chi connectivity index (χ1v) is 9.02. The molecule has 0 bridgehead atoms. The first-order chi connectivity index (χ1) is 8.95. The maximum atomic E-state index is 5.96. The minimum atomic E-state index is -1.76. The summed E-state index contributed by atoms with van der Waals surface area (Å²) in [6, 6.07) is 8.83. The third-order valence-corrected chi connectivity index (χ3v) is 7.76. The van der Waals surface area contributed by atoms with Crippen LogP contribution < -0.4 is 28.7 Å². The van der Waals surface area contributed by atoms with Gasteiger partial charge in [0, 0.05) is 0 Å². The minimum absolute atomic E-state index is 0. The molecule has 1 aliphatic rings. The van der Waals surface area contributed by atoms with Crippen LogP contribution in [0.3, 0.4) is 0 Å². The number of rotatable bonds is 3. The van der Waals surface area contributed by atoms with E-state index >= 15 is 0 Å². The van der Waals surface area contributed by atoms with Crippen molar-refractivity contribution in [2.75, 3.05) is 7.11 Å². The smallest absolute Gasteiger partial charge is 1.00 e. The summed E-state index contributed by atoms with van der Waals surface area (Å²) in [5, 5.41) is 0. The first kappa shape index (κ1) is 21.0. The normalized spacial score (nSPS) is 13.8. The number of benzene rings is 1. The summed E-state index contributed by atoms with van der Waals surface area (Å²) in [7, 11) is 1.88. The van der Waals surface area contributed by atoms with Gasteiger partial charge in [-0.15, -0.1) is 0 Å². The van der Waals surface area contributed by atoms with Gasteiger partial charge in [-0.25, -0.2) is 0 Å². The summed E-state index contributed by atoms with van der Waals surface area (Å²) in [4.78, 5) is 0. The maximum Gasteiger partial charge on any atom is -1.00 e. The molecule has 21 heavy (non-hydrogen) atoms. The SMILES string of the molecule is C[O][Ti+2]([c]1ccccc1C1=C(C)C=CC1)[C](C)(C)C.[Cl-].[Cl-]. The second-order valence-corrected chi connectivity index (χ2v) is 10.9. The Morgan fingerprint density at radius 2 is 1.71 bits per heavy atom. The van der Waals surface area contributed by atoms with Gasteiger partial charge in [0.05, 0.1) is 0 Å². The predicted molar refractivity (Wildman–Crippen MR) is 79.2 cm³/mol. The molecule has 0 spiro atoms. The van der Waals surface area contributed by atoms with Crippen molar-refractivity contribution in [1.29, 1.82) is 0 Å². The zero-order valence-corrected chi connectivity index (χ0v) is 16.4. The molecule has 0 aliphatic heterocycles. The average molecular weight is 362 g/mol. The van der Waals surface area contributed by atoms with Gasteiger partial charge in [-0.3, -0.25) is 0 Å². The van der Waals surface area contributed by atoms with Crippen molar-refractivity contribution in [3.63, 3.8) is 0 Å². The van der Waals surface area contributed by atoms with Crippen molar-refractivity contribution >= 4 is 9.44 Å². The molecule has 1 nitrogen and oxygen atoms in total.